The summed E-state index contributed by atoms with van der Waals surface area (Å²) in [5.74, 6) is -0.405. The fourth-order valence-corrected chi connectivity index (χ4v) is 4.18. The first-order chi connectivity index (χ1) is 14.3. The summed E-state index contributed by atoms with van der Waals surface area (Å²) < 4.78 is 0. The Labute approximate surface area is 184 Å². The number of rotatable bonds is 4. The molecule has 0 aliphatic rings. The number of aromatic amines is 2. The van der Waals surface area contributed by atoms with E-state index in [-0.39, 0.29) is 11.4 Å². The number of fused-ring (bicyclic) bond motifs is 1. The van der Waals surface area contributed by atoms with Crippen molar-refractivity contribution in [1.82, 2.24) is 15.4 Å². The number of amides is 1. The number of thiophene rings is 1. The largest absolute Gasteiger partial charge is 0.506 e. The molecule has 2 aromatic carbocycles. The molecule has 0 saturated carbocycles. The standard InChI is InChI=1S/C20H14Cl2N4O3S/c1-9(12-8-30-18(17(12)27)10-2-4-13(21)14(22)6-10)25-26-19(28)11-3-5-15-16(7-11)24-20(29)23-15/h2-8,27H,1H3,(H,26,28)(H2,23,24,29). The van der Waals surface area contributed by atoms with Crippen LogP contribution in [0.1, 0.15) is 22.8 Å². The molecule has 2 aromatic heterocycles. The Balaban J connectivity index is 1.55. The smallest absolute Gasteiger partial charge is 0.323 e. The van der Waals surface area contributed by atoms with Gasteiger partial charge >= 0.3 is 5.69 Å². The van der Waals surface area contributed by atoms with Crippen molar-refractivity contribution in [3.63, 3.8) is 0 Å². The van der Waals surface area contributed by atoms with Crippen LogP contribution in [0.3, 0.4) is 0 Å². The lowest BCUT2D eigenvalue weighted by Crippen LogP contribution is -2.19. The second-order valence-corrected chi connectivity index (χ2v) is 8.13. The molecule has 0 aliphatic carbocycles. The molecule has 0 unspecified atom stereocenters. The van der Waals surface area contributed by atoms with Gasteiger partial charge in [0.15, 0.2) is 0 Å². The second-order valence-electron chi connectivity index (χ2n) is 6.43. The van der Waals surface area contributed by atoms with E-state index in [2.05, 4.69) is 20.5 Å². The fraction of sp³-hybridized carbons (Fsp3) is 0.0500. The topological polar surface area (TPSA) is 110 Å². The van der Waals surface area contributed by atoms with Gasteiger partial charge in [0.25, 0.3) is 5.91 Å². The molecule has 30 heavy (non-hydrogen) atoms. The molecule has 152 valence electrons. The maximum Gasteiger partial charge on any atom is 0.323 e. The summed E-state index contributed by atoms with van der Waals surface area (Å²) in [6, 6.07) is 9.86. The third-order valence-electron chi connectivity index (χ3n) is 4.44. The van der Waals surface area contributed by atoms with E-state index in [1.807, 2.05) is 0 Å². The van der Waals surface area contributed by atoms with Crippen LogP contribution in [0.5, 0.6) is 5.75 Å². The molecule has 0 saturated heterocycles. The number of nitrogens with zero attached hydrogens (tertiary/aromatic N) is 1. The number of nitrogens with one attached hydrogen (secondary N) is 3. The van der Waals surface area contributed by atoms with Gasteiger partial charge in [-0.05, 0) is 42.8 Å². The maximum absolute atomic E-state index is 12.4. The number of halogens is 2. The predicted octanol–water partition coefficient (Wildman–Crippen LogP) is 4.75. The van der Waals surface area contributed by atoms with E-state index in [1.54, 1.807) is 48.7 Å². The van der Waals surface area contributed by atoms with Crippen molar-refractivity contribution in [3.05, 3.63) is 73.4 Å². The van der Waals surface area contributed by atoms with E-state index < -0.39 is 5.91 Å². The van der Waals surface area contributed by atoms with Crippen LogP contribution < -0.4 is 11.1 Å². The van der Waals surface area contributed by atoms with Crippen LogP contribution in [0, 0.1) is 0 Å². The summed E-state index contributed by atoms with van der Waals surface area (Å²) in [5.41, 5.74) is 5.23. The molecular formula is C20H14Cl2N4O3S. The van der Waals surface area contributed by atoms with Gasteiger partial charge in [-0.15, -0.1) is 11.3 Å². The fourth-order valence-electron chi connectivity index (χ4n) is 2.88. The number of aromatic hydroxyl groups is 1. The lowest BCUT2D eigenvalue weighted by atomic mass is 10.1. The molecule has 4 aromatic rings. The van der Waals surface area contributed by atoms with E-state index >= 15 is 0 Å². The molecule has 0 radical (unpaired) electrons. The Morgan fingerprint density at radius 3 is 2.63 bits per heavy atom. The van der Waals surface area contributed by atoms with Crippen molar-refractivity contribution in [2.45, 2.75) is 6.92 Å². The molecule has 4 rings (SSSR count). The first-order valence-corrected chi connectivity index (χ1v) is 10.3. The zero-order valence-electron chi connectivity index (χ0n) is 15.4. The summed E-state index contributed by atoms with van der Waals surface area (Å²) in [5, 5.41) is 17.3. The van der Waals surface area contributed by atoms with Crippen molar-refractivity contribution in [2.75, 3.05) is 0 Å². The second kappa shape index (κ2) is 7.98. The molecule has 1 amide bonds. The normalized spacial score (nSPS) is 11.8. The lowest BCUT2D eigenvalue weighted by molar-refractivity contribution is 0.0955. The minimum absolute atomic E-state index is 0.0419. The minimum Gasteiger partial charge on any atom is -0.506 e. The van der Waals surface area contributed by atoms with E-state index in [9.17, 15) is 14.7 Å². The minimum atomic E-state index is -0.447. The number of hydrogen-bond donors (Lipinski definition) is 4. The van der Waals surface area contributed by atoms with Gasteiger partial charge in [0.1, 0.15) is 5.75 Å². The number of aromatic nitrogens is 2. The number of H-pyrrole nitrogens is 2. The van der Waals surface area contributed by atoms with Crippen molar-refractivity contribution in [1.29, 1.82) is 0 Å². The first-order valence-electron chi connectivity index (χ1n) is 8.66. The molecule has 0 bridgehead atoms. The summed E-state index contributed by atoms with van der Waals surface area (Å²) >= 11 is 13.3. The van der Waals surface area contributed by atoms with Crippen LogP contribution in [0.15, 0.2) is 51.7 Å². The molecule has 4 N–H and O–H groups in total. The monoisotopic (exact) mass is 460 g/mol. The van der Waals surface area contributed by atoms with Gasteiger partial charge in [-0.1, -0.05) is 29.3 Å². The SMILES string of the molecule is CC(=NNC(=O)c1ccc2[nH]c(=O)[nH]c2c1)c1csc(-c2ccc(Cl)c(Cl)c2)c1O. The van der Waals surface area contributed by atoms with E-state index in [0.29, 0.717) is 42.8 Å². The van der Waals surface area contributed by atoms with Crippen LogP contribution in [0.2, 0.25) is 10.0 Å². The quantitative estimate of drug-likeness (QED) is 0.260. The van der Waals surface area contributed by atoms with Crippen molar-refractivity contribution < 1.29 is 9.90 Å². The predicted molar refractivity (Wildman–Crippen MR) is 120 cm³/mol. The van der Waals surface area contributed by atoms with Gasteiger partial charge in [0.05, 0.1) is 37.2 Å². The first kappa shape index (κ1) is 20.2. The number of hydrogen-bond acceptors (Lipinski definition) is 5. The Hall–Kier alpha value is -3.07. The highest BCUT2D eigenvalue weighted by molar-refractivity contribution is 7.14. The van der Waals surface area contributed by atoms with Crippen molar-refractivity contribution >= 4 is 57.2 Å². The van der Waals surface area contributed by atoms with E-state index in [1.165, 1.54) is 11.3 Å². The zero-order chi connectivity index (χ0) is 21.4. The molecule has 2 heterocycles. The highest BCUT2D eigenvalue weighted by atomic mass is 35.5. The van der Waals surface area contributed by atoms with Gasteiger partial charge < -0.3 is 15.1 Å². The molecule has 0 atom stereocenters. The Kier molecular flexibility index (Phi) is 5.38. The summed E-state index contributed by atoms with van der Waals surface area (Å²) in [6.07, 6.45) is 0. The highest BCUT2D eigenvalue weighted by Gasteiger charge is 2.16. The number of imidazole rings is 1. The number of carbonyl (C=O) groups is 1. The average molecular weight is 461 g/mol. The van der Waals surface area contributed by atoms with Crippen LogP contribution in [0.4, 0.5) is 0 Å². The van der Waals surface area contributed by atoms with Gasteiger partial charge in [0, 0.05) is 10.9 Å². The Morgan fingerprint density at radius 2 is 1.87 bits per heavy atom. The van der Waals surface area contributed by atoms with Crippen molar-refractivity contribution in [3.8, 4) is 16.2 Å². The Morgan fingerprint density at radius 1 is 1.10 bits per heavy atom. The molecule has 7 nitrogen and oxygen atoms in total. The molecule has 0 aliphatic heterocycles. The van der Waals surface area contributed by atoms with Crippen LogP contribution in [0.25, 0.3) is 21.5 Å². The average Bonchev–Trinajstić information content (AvgIpc) is 3.29. The summed E-state index contributed by atoms with van der Waals surface area (Å²) in [6.45, 7) is 1.67. The summed E-state index contributed by atoms with van der Waals surface area (Å²) in [7, 11) is 0. The number of benzene rings is 2. The maximum atomic E-state index is 12.4. The number of hydrazone groups is 1. The van der Waals surface area contributed by atoms with Gasteiger partial charge in [0.2, 0.25) is 0 Å². The van der Waals surface area contributed by atoms with E-state index in [0.717, 1.165) is 5.56 Å². The van der Waals surface area contributed by atoms with Crippen LogP contribution >= 0.6 is 34.5 Å². The molecular weight excluding hydrogens is 447 g/mol. The highest BCUT2D eigenvalue weighted by Crippen LogP contribution is 2.40. The van der Waals surface area contributed by atoms with Crippen LogP contribution in [-0.4, -0.2) is 26.7 Å². The molecule has 10 heteroatoms. The number of carbonyl (C=O) groups excluding carboxylic acids is 1. The zero-order valence-corrected chi connectivity index (χ0v) is 17.7. The van der Waals surface area contributed by atoms with Crippen LogP contribution in [-0.2, 0) is 0 Å². The van der Waals surface area contributed by atoms with Gasteiger partial charge in [-0.25, -0.2) is 10.2 Å². The van der Waals surface area contributed by atoms with E-state index in [4.69, 9.17) is 23.2 Å². The lowest BCUT2D eigenvalue weighted by Gasteiger charge is -2.04. The van der Waals surface area contributed by atoms with Crippen molar-refractivity contribution in [2.24, 2.45) is 5.10 Å². The van der Waals surface area contributed by atoms with Gasteiger partial charge in [-0.2, -0.15) is 5.10 Å². The molecule has 0 fully saturated rings. The summed E-state index contributed by atoms with van der Waals surface area (Å²) in [4.78, 5) is 29.6. The molecule has 0 spiro atoms. The Bertz CT molecular complexity index is 1370. The third-order valence-corrected chi connectivity index (χ3v) is 6.20. The van der Waals surface area contributed by atoms with Gasteiger partial charge in [-0.3, -0.25) is 4.79 Å². The third kappa shape index (κ3) is 3.85.